The Bertz CT molecular complexity index is 931. The molecular weight excluding hydrogens is 378 g/mol. The Morgan fingerprint density at radius 3 is 2.52 bits per heavy atom. The summed E-state index contributed by atoms with van der Waals surface area (Å²) in [7, 11) is 1.50. The number of urea groups is 1. The number of hydrogen-bond acceptors (Lipinski definition) is 3. The van der Waals surface area contributed by atoms with Crippen LogP contribution in [0.2, 0.25) is 0 Å². The van der Waals surface area contributed by atoms with Gasteiger partial charge in [0.2, 0.25) is 0 Å². The predicted molar refractivity (Wildman–Crippen MR) is 105 cm³/mol. The van der Waals surface area contributed by atoms with E-state index in [9.17, 15) is 18.4 Å². The number of nitrogens with one attached hydrogen (secondary N) is 1. The van der Waals surface area contributed by atoms with Crippen molar-refractivity contribution in [3.8, 4) is 0 Å². The third-order valence-electron chi connectivity index (χ3n) is 4.65. The molecule has 1 aliphatic rings. The van der Waals surface area contributed by atoms with Crippen molar-refractivity contribution in [2.24, 2.45) is 5.10 Å². The van der Waals surface area contributed by atoms with Gasteiger partial charge in [0.05, 0.1) is 11.8 Å². The first kappa shape index (κ1) is 20.4. The number of carbonyl (C=O) groups excluding carboxylic acids is 2. The van der Waals surface area contributed by atoms with Crippen LogP contribution in [0.25, 0.3) is 0 Å². The van der Waals surface area contributed by atoms with E-state index in [0.717, 1.165) is 0 Å². The van der Waals surface area contributed by atoms with Gasteiger partial charge in [-0.2, -0.15) is 5.10 Å². The van der Waals surface area contributed by atoms with Crippen LogP contribution < -0.4 is 5.32 Å². The molecule has 29 heavy (non-hydrogen) atoms. The molecule has 0 aliphatic carbocycles. The minimum Gasteiger partial charge on any atom is -0.338 e. The standard InChI is InChI=1S/C21H22F2N4O2/c1-3-24-21(29)26(2)13-20(28)27-19(16-6-4-5-7-17(16)23)12-18(25-27)14-8-10-15(22)11-9-14/h4-11,19H,3,12-13H2,1-2H3,(H,24,29)/t19-/m1/s1. The number of likely N-dealkylation sites (N-methyl/N-ethyl adjacent to an activating group) is 1. The number of hydrogen-bond donors (Lipinski definition) is 1. The molecule has 3 rings (SSSR count). The van der Waals surface area contributed by atoms with Crippen molar-refractivity contribution in [2.45, 2.75) is 19.4 Å². The van der Waals surface area contributed by atoms with Gasteiger partial charge in [0, 0.05) is 25.6 Å². The molecule has 0 spiro atoms. The van der Waals surface area contributed by atoms with Crippen LogP contribution in [0.3, 0.4) is 0 Å². The number of nitrogens with zero attached hydrogens (tertiary/aromatic N) is 3. The summed E-state index contributed by atoms with van der Waals surface area (Å²) in [5.74, 6) is -1.26. The summed E-state index contributed by atoms with van der Waals surface area (Å²) in [5, 5.41) is 8.23. The smallest absolute Gasteiger partial charge is 0.317 e. The zero-order chi connectivity index (χ0) is 21.0. The van der Waals surface area contributed by atoms with Crippen molar-refractivity contribution in [3.63, 3.8) is 0 Å². The molecule has 0 unspecified atom stereocenters. The van der Waals surface area contributed by atoms with Gasteiger partial charge in [-0.25, -0.2) is 18.6 Å². The summed E-state index contributed by atoms with van der Waals surface area (Å²) >= 11 is 0. The third kappa shape index (κ3) is 4.59. The van der Waals surface area contributed by atoms with Crippen molar-refractivity contribution in [1.29, 1.82) is 0 Å². The molecule has 3 amide bonds. The lowest BCUT2D eigenvalue weighted by atomic mass is 9.98. The lowest BCUT2D eigenvalue weighted by Gasteiger charge is -2.25. The minimum atomic E-state index is -0.647. The second-order valence-electron chi connectivity index (χ2n) is 6.72. The average molecular weight is 400 g/mol. The summed E-state index contributed by atoms with van der Waals surface area (Å²) in [5.41, 5.74) is 1.54. The van der Waals surface area contributed by atoms with Crippen LogP contribution in [0.1, 0.15) is 30.5 Å². The van der Waals surface area contributed by atoms with E-state index in [1.54, 1.807) is 37.3 Å². The van der Waals surface area contributed by atoms with Crippen molar-refractivity contribution in [1.82, 2.24) is 15.2 Å². The monoisotopic (exact) mass is 400 g/mol. The number of amides is 3. The van der Waals surface area contributed by atoms with Gasteiger partial charge in [-0.1, -0.05) is 30.3 Å². The van der Waals surface area contributed by atoms with Crippen molar-refractivity contribution < 1.29 is 18.4 Å². The van der Waals surface area contributed by atoms with Gasteiger partial charge in [0.25, 0.3) is 5.91 Å². The molecule has 0 radical (unpaired) electrons. The predicted octanol–water partition coefficient (Wildman–Crippen LogP) is 3.30. The van der Waals surface area contributed by atoms with E-state index >= 15 is 0 Å². The number of halogens is 2. The summed E-state index contributed by atoms with van der Waals surface area (Å²) in [6.45, 7) is 2.00. The van der Waals surface area contributed by atoms with Gasteiger partial charge in [-0.15, -0.1) is 0 Å². The van der Waals surface area contributed by atoms with E-state index in [0.29, 0.717) is 23.4 Å². The zero-order valence-electron chi connectivity index (χ0n) is 16.2. The van der Waals surface area contributed by atoms with Crippen LogP contribution in [0.4, 0.5) is 13.6 Å². The lowest BCUT2D eigenvalue weighted by molar-refractivity contribution is -0.133. The van der Waals surface area contributed by atoms with Crippen LogP contribution in [-0.4, -0.2) is 47.7 Å². The van der Waals surface area contributed by atoms with Gasteiger partial charge < -0.3 is 10.2 Å². The highest BCUT2D eigenvalue weighted by Gasteiger charge is 2.35. The van der Waals surface area contributed by atoms with Gasteiger partial charge in [-0.05, 0) is 30.7 Å². The first-order valence-electron chi connectivity index (χ1n) is 9.29. The minimum absolute atomic E-state index is 0.211. The maximum Gasteiger partial charge on any atom is 0.317 e. The molecule has 0 fully saturated rings. The molecule has 1 aliphatic heterocycles. The van der Waals surface area contributed by atoms with E-state index in [1.165, 1.54) is 35.2 Å². The highest BCUT2D eigenvalue weighted by molar-refractivity contribution is 6.03. The topological polar surface area (TPSA) is 65.0 Å². The average Bonchev–Trinajstić information content (AvgIpc) is 3.14. The number of hydrazone groups is 1. The Kier molecular flexibility index (Phi) is 6.21. The fraction of sp³-hybridized carbons (Fsp3) is 0.286. The van der Waals surface area contributed by atoms with E-state index in [4.69, 9.17) is 0 Å². The fourth-order valence-corrected chi connectivity index (χ4v) is 3.18. The largest absolute Gasteiger partial charge is 0.338 e. The van der Waals surface area contributed by atoms with Crippen molar-refractivity contribution in [3.05, 3.63) is 71.3 Å². The molecule has 0 aromatic heterocycles. The Morgan fingerprint density at radius 2 is 1.86 bits per heavy atom. The third-order valence-corrected chi connectivity index (χ3v) is 4.65. The van der Waals surface area contributed by atoms with Crippen LogP contribution in [0.15, 0.2) is 53.6 Å². The maximum absolute atomic E-state index is 14.4. The van der Waals surface area contributed by atoms with Gasteiger partial charge in [0.1, 0.15) is 18.2 Å². The quantitative estimate of drug-likeness (QED) is 0.837. The summed E-state index contributed by atoms with van der Waals surface area (Å²) in [6.07, 6.45) is 0.281. The van der Waals surface area contributed by atoms with Crippen LogP contribution in [0, 0.1) is 11.6 Å². The normalized spacial score (nSPS) is 15.8. The lowest BCUT2D eigenvalue weighted by Crippen LogP contribution is -2.43. The molecule has 2 aromatic carbocycles. The van der Waals surface area contributed by atoms with Crippen molar-refractivity contribution >= 4 is 17.6 Å². The summed E-state index contributed by atoms with van der Waals surface area (Å²) in [4.78, 5) is 26.1. The van der Waals surface area contributed by atoms with E-state index in [2.05, 4.69) is 10.4 Å². The first-order chi connectivity index (χ1) is 13.9. The Hall–Kier alpha value is -3.29. The molecule has 0 saturated carbocycles. The molecular formula is C21H22F2N4O2. The van der Waals surface area contributed by atoms with Crippen molar-refractivity contribution in [2.75, 3.05) is 20.1 Å². The highest BCUT2D eigenvalue weighted by Crippen LogP contribution is 2.34. The van der Waals surface area contributed by atoms with Crippen LogP contribution in [0.5, 0.6) is 0 Å². The second-order valence-corrected chi connectivity index (χ2v) is 6.72. The molecule has 8 heteroatoms. The Morgan fingerprint density at radius 1 is 1.17 bits per heavy atom. The highest BCUT2D eigenvalue weighted by atomic mass is 19.1. The SMILES string of the molecule is CCNC(=O)N(C)CC(=O)N1N=C(c2ccc(F)cc2)C[C@@H]1c1ccccc1F. The molecule has 2 aromatic rings. The van der Waals surface area contributed by atoms with Crippen LogP contribution in [-0.2, 0) is 4.79 Å². The van der Waals surface area contributed by atoms with E-state index in [-0.39, 0.29) is 24.8 Å². The molecule has 1 N–H and O–H groups in total. The number of carbonyl (C=O) groups is 2. The molecule has 152 valence electrons. The van der Waals surface area contributed by atoms with E-state index in [1.807, 2.05) is 0 Å². The van der Waals surface area contributed by atoms with Crippen LogP contribution >= 0.6 is 0 Å². The van der Waals surface area contributed by atoms with E-state index < -0.39 is 17.8 Å². The second kappa shape index (κ2) is 8.81. The zero-order valence-corrected chi connectivity index (χ0v) is 16.2. The maximum atomic E-state index is 14.4. The fourth-order valence-electron chi connectivity index (χ4n) is 3.18. The Labute approximate surface area is 167 Å². The molecule has 1 atom stereocenters. The summed E-state index contributed by atoms with van der Waals surface area (Å²) in [6, 6.07) is 10.9. The first-order valence-corrected chi connectivity index (χ1v) is 9.29. The Balaban J connectivity index is 1.89. The van der Waals surface area contributed by atoms with Gasteiger partial charge in [0.15, 0.2) is 0 Å². The molecule has 1 heterocycles. The molecule has 0 bridgehead atoms. The molecule has 0 saturated heterocycles. The summed E-state index contributed by atoms with van der Waals surface area (Å²) < 4.78 is 27.7. The number of benzene rings is 2. The number of rotatable bonds is 5. The van der Waals surface area contributed by atoms with Gasteiger partial charge in [-0.3, -0.25) is 4.79 Å². The van der Waals surface area contributed by atoms with Gasteiger partial charge >= 0.3 is 6.03 Å². The molecule has 6 nitrogen and oxygen atoms in total.